The van der Waals surface area contributed by atoms with Crippen LogP contribution in [0.15, 0.2) is 18.2 Å². The second-order valence-electron chi connectivity index (χ2n) is 6.01. The molecule has 3 rings (SSSR count). The van der Waals surface area contributed by atoms with E-state index in [0.29, 0.717) is 6.04 Å². The molecule has 1 saturated heterocycles. The summed E-state index contributed by atoms with van der Waals surface area (Å²) in [5, 5.41) is 3.62. The minimum atomic E-state index is -0.110. The lowest BCUT2D eigenvalue weighted by Crippen LogP contribution is -2.43. The Morgan fingerprint density at radius 1 is 1.21 bits per heavy atom. The van der Waals surface area contributed by atoms with E-state index in [9.17, 15) is 4.39 Å². The van der Waals surface area contributed by atoms with Crippen molar-refractivity contribution in [1.82, 2.24) is 10.2 Å². The zero-order valence-corrected chi connectivity index (χ0v) is 11.7. The number of hydrogen-bond acceptors (Lipinski definition) is 2. The van der Waals surface area contributed by atoms with E-state index >= 15 is 0 Å². The number of halogens is 1. The van der Waals surface area contributed by atoms with Gasteiger partial charge in [0.1, 0.15) is 5.82 Å². The molecule has 1 aliphatic carbocycles. The molecule has 1 aliphatic heterocycles. The molecule has 0 unspecified atom stereocenters. The van der Waals surface area contributed by atoms with Crippen molar-refractivity contribution in [3.05, 3.63) is 35.1 Å². The lowest BCUT2D eigenvalue weighted by atomic mass is 10.0. The zero-order chi connectivity index (χ0) is 13.2. The van der Waals surface area contributed by atoms with Crippen LogP contribution in [0.4, 0.5) is 4.39 Å². The fourth-order valence-corrected chi connectivity index (χ4v) is 2.99. The minimum Gasteiger partial charge on any atom is -0.310 e. The summed E-state index contributed by atoms with van der Waals surface area (Å²) in [6, 6.07) is 6.93. The molecule has 1 heterocycles. The first-order chi connectivity index (χ1) is 9.22. The van der Waals surface area contributed by atoms with E-state index < -0.39 is 0 Å². The van der Waals surface area contributed by atoms with Gasteiger partial charge in [-0.2, -0.15) is 0 Å². The molecule has 1 aromatic rings. The number of aryl methyl sites for hydroxylation is 1. The van der Waals surface area contributed by atoms with Gasteiger partial charge in [0.25, 0.3) is 0 Å². The second-order valence-corrected chi connectivity index (χ2v) is 6.01. The molecule has 0 radical (unpaired) electrons. The van der Waals surface area contributed by atoms with Crippen molar-refractivity contribution in [3.63, 3.8) is 0 Å². The van der Waals surface area contributed by atoms with Crippen LogP contribution in [0.1, 0.15) is 36.8 Å². The van der Waals surface area contributed by atoms with Gasteiger partial charge in [0.05, 0.1) is 0 Å². The van der Waals surface area contributed by atoms with E-state index in [1.807, 2.05) is 19.1 Å². The van der Waals surface area contributed by atoms with Crippen LogP contribution >= 0.6 is 0 Å². The van der Waals surface area contributed by atoms with Gasteiger partial charge in [-0.05, 0) is 62.9 Å². The fourth-order valence-electron chi connectivity index (χ4n) is 2.99. The predicted octanol–water partition coefficient (Wildman–Crippen LogP) is 2.85. The van der Waals surface area contributed by atoms with E-state index in [1.54, 1.807) is 6.07 Å². The van der Waals surface area contributed by atoms with E-state index in [4.69, 9.17) is 0 Å². The average Bonchev–Trinajstić information content (AvgIpc) is 3.25. The summed E-state index contributed by atoms with van der Waals surface area (Å²) in [6.45, 7) is 5.16. The summed E-state index contributed by atoms with van der Waals surface area (Å²) in [5.41, 5.74) is 1.92. The summed E-state index contributed by atoms with van der Waals surface area (Å²) in [4.78, 5) is 2.64. The number of likely N-dealkylation sites (tertiary alicyclic amines) is 1. The van der Waals surface area contributed by atoms with Crippen LogP contribution < -0.4 is 5.32 Å². The first-order valence-electron chi connectivity index (χ1n) is 7.45. The van der Waals surface area contributed by atoms with Crippen LogP contribution in [0.25, 0.3) is 0 Å². The van der Waals surface area contributed by atoms with E-state index in [-0.39, 0.29) is 5.82 Å². The summed E-state index contributed by atoms with van der Waals surface area (Å²) < 4.78 is 13.2. The quantitative estimate of drug-likeness (QED) is 0.897. The molecular weight excluding hydrogens is 239 g/mol. The Hall–Kier alpha value is -0.930. The third-order valence-corrected chi connectivity index (χ3v) is 4.41. The standard InChI is InChI=1S/C16H23FN2/c1-12-10-13(2-5-16(12)17)11-18-14-6-8-19(9-7-14)15-3-4-15/h2,5,10,14-15,18H,3-4,6-9,11H2,1H3. The maximum Gasteiger partial charge on any atom is 0.126 e. The van der Waals surface area contributed by atoms with Gasteiger partial charge in [-0.15, -0.1) is 0 Å². The van der Waals surface area contributed by atoms with Crippen molar-refractivity contribution >= 4 is 0 Å². The molecule has 1 aromatic carbocycles. The Kier molecular flexibility index (Phi) is 3.85. The number of benzene rings is 1. The highest BCUT2D eigenvalue weighted by atomic mass is 19.1. The molecule has 2 fully saturated rings. The second kappa shape index (κ2) is 5.59. The van der Waals surface area contributed by atoms with Gasteiger partial charge in [0.15, 0.2) is 0 Å². The van der Waals surface area contributed by atoms with Crippen LogP contribution in [0.3, 0.4) is 0 Å². The molecular formula is C16H23FN2. The monoisotopic (exact) mass is 262 g/mol. The van der Waals surface area contributed by atoms with Gasteiger partial charge in [0.2, 0.25) is 0 Å². The molecule has 1 N–H and O–H groups in total. The summed E-state index contributed by atoms with van der Waals surface area (Å²) in [7, 11) is 0. The number of nitrogens with one attached hydrogen (secondary N) is 1. The summed E-state index contributed by atoms with van der Waals surface area (Å²) >= 11 is 0. The number of piperidine rings is 1. The Morgan fingerprint density at radius 2 is 1.95 bits per heavy atom. The van der Waals surface area contributed by atoms with E-state index in [2.05, 4.69) is 10.2 Å². The third-order valence-electron chi connectivity index (χ3n) is 4.41. The highest BCUT2D eigenvalue weighted by molar-refractivity contribution is 5.23. The van der Waals surface area contributed by atoms with Gasteiger partial charge in [0, 0.05) is 18.6 Å². The van der Waals surface area contributed by atoms with Crippen molar-refractivity contribution in [3.8, 4) is 0 Å². The number of hydrogen-bond donors (Lipinski definition) is 1. The lowest BCUT2D eigenvalue weighted by molar-refractivity contribution is 0.189. The van der Waals surface area contributed by atoms with Crippen LogP contribution in [0.5, 0.6) is 0 Å². The molecule has 0 aromatic heterocycles. The Bertz CT molecular complexity index is 434. The molecule has 19 heavy (non-hydrogen) atoms. The molecule has 1 saturated carbocycles. The highest BCUT2D eigenvalue weighted by Gasteiger charge is 2.31. The Morgan fingerprint density at radius 3 is 2.58 bits per heavy atom. The fraction of sp³-hybridized carbons (Fsp3) is 0.625. The Labute approximate surface area is 115 Å². The van der Waals surface area contributed by atoms with E-state index in [1.165, 1.54) is 44.3 Å². The smallest absolute Gasteiger partial charge is 0.126 e. The van der Waals surface area contributed by atoms with Gasteiger partial charge >= 0.3 is 0 Å². The van der Waals surface area contributed by atoms with Crippen LogP contribution in [-0.4, -0.2) is 30.1 Å². The molecule has 0 amide bonds. The molecule has 0 spiro atoms. The Balaban J connectivity index is 1.45. The molecule has 0 atom stereocenters. The maximum atomic E-state index is 13.2. The van der Waals surface area contributed by atoms with Crippen molar-refractivity contribution < 1.29 is 4.39 Å². The number of nitrogens with zero attached hydrogens (tertiary/aromatic N) is 1. The molecule has 104 valence electrons. The first-order valence-corrected chi connectivity index (χ1v) is 7.45. The summed E-state index contributed by atoms with van der Waals surface area (Å²) in [5.74, 6) is -0.110. The van der Waals surface area contributed by atoms with Gasteiger partial charge in [-0.25, -0.2) is 4.39 Å². The SMILES string of the molecule is Cc1cc(CNC2CCN(C3CC3)CC2)ccc1F. The van der Waals surface area contributed by atoms with Crippen molar-refractivity contribution in [2.24, 2.45) is 0 Å². The van der Waals surface area contributed by atoms with Crippen molar-refractivity contribution in [2.75, 3.05) is 13.1 Å². The molecule has 3 heteroatoms. The normalized spacial score (nSPS) is 21.8. The highest BCUT2D eigenvalue weighted by Crippen LogP contribution is 2.29. The molecule has 0 bridgehead atoms. The molecule has 2 nitrogen and oxygen atoms in total. The van der Waals surface area contributed by atoms with E-state index in [0.717, 1.165) is 18.2 Å². The topological polar surface area (TPSA) is 15.3 Å². The number of rotatable bonds is 4. The lowest BCUT2D eigenvalue weighted by Gasteiger charge is -2.32. The van der Waals surface area contributed by atoms with Crippen LogP contribution in [0.2, 0.25) is 0 Å². The predicted molar refractivity (Wildman–Crippen MR) is 75.6 cm³/mol. The minimum absolute atomic E-state index is 0.110. The largest absolute Gasteiger partial charge is 0.310 e. The van der Waals surface area contributed by atoms with Crippen molar-refractivity contribution in [1.29, 1.82) is 0 Å². The van der Waals surface area contributed by atoms with Gasteiger partial charge in [-0.3, -0.25) is 0 Å². The van der Waals surface area contributed by atoms with Crippen LogP contribution in [-0.2, 0) is 6.54 Å². The molecule has 2 aliphatic rings. The van der Waals surface area contributed by atoms with Crippen molar-refractivity contribution in [2.45, 2.75) is 51.2 Å². The zero-order valence-electron chi connectivity index (χ0n) is 11.7. The van der Waals surface area contributed by atoms with Gasteiger partial charge in [-0.1, -0.05) is 12.1 Å². The summed E-state index contributed by atoms with van der Waals surface area (Å²) in [6.07, 6.45) is 5.31. The average molecular weight is 262 g/mol. The van der Waals surface area contributed by atoms with Crippen LogP contribution in [0, 0.1) is 12.7 Å². The maximum absolute atomic E-state index is 13.2. The third kappa shape index (κ3) is 3.34. The first kappa shape index (κ1) is 13.1. The van der Waals surface area contributed by atoms with Gasteiger partial charge < -0.3 is 10.2 Å².